The normalized spacial score (nSPS) is 18.4. The van der Waals surface area contributed by atoms with Gasteiger partial charge >= 0.3 is 0 Å². The maximum Gasteiger partial charge on any atom is 0.279 e. The van der Waals surface area contributed by atoms with Crippen molar-refractivity contribution < 1.29 is 14.2 Å². The highest BCUT2D eigenvalue weighted by atomic mass is 28.2. The smallest absolute Gasteiger partial charge is 0.279 e. The molecule has 0 unspecified atom stereocenters. The van der Waals surface area contributed by atoms with Crippen LogP contribution in [0.15, 0.2) is 0 Å². The molecule has 0 bridgehead atoms. The summed E-state index contributed by atoms with van der Waals surface area (Å²) in [4.78, 5) is 5.24. The Morgan fingerprint density at radius 3 is 1.79 bits per heavy atom. The van der Waals surface area contributed by atoms with Gasteiger partial charge in [0.15, 0.2) is 0 Å². The summed E-state index contributed by atoms with van der Waals surface area (Å²) in [6, 6.07) is 2.28. The Balaban J connectivity index is 2.36. The van der Waals surface area contributed by atoms with Crippen LogP contribution >= 0.6 is 0 Å². The molecule has 1 aliphatic rings. The number of nitrogens with zero attached hydrogens (tertiary/aromatic N) is 2. The van der Waals surface area contributed by atoms with E-state index in [2.05, 4.69) is 23.6 Å². The predicted molar refractivity (Wildman–Crippen MR) is 103 cm³/mol. The van der Waals surface area contributed by atoms with Gasteiger partial charge in [-0.3, -0.25) is 9.80 Å². The van der Waals surface area contributed by atoms with E-state index in [-0.39, 0.29) is 9.52 Å². The van der Waals surface area contributed by atoms with Crippen LogP contribution < -0.4 is 0 Å². The third-order valence-electron chi connectivity index (χ3n) is 4.87. The Morgan fingerprint density at radius 1 is 0.875 bits per heavy atom. The highest BCUT2D eigenvalue weighted by molar-refractivity contribution is 6.35. The van der Waals surface area contributed by atoms with Crippen LogP contribution in [-0.4, -0.2) is 77.5 Å². The van der Waals surface area contributed by atoms with Crippen molar-refractivity contribution in [2.24, 2.45) is 0 Å². The molecule has 0 atom stereocenters. The molecule has 1 rings (SSSR count). The summed E-state index contributed by atoms with van der Waals surface area (Å²) in [5.74, 6) is -0.775. The molecular weight excluding hydrogens is 320 g/mol. The van der Waals surface area contributed by atoms with Crippen LogP contribution in [0.25, 0.3) is 0 Å². The summed E-state index contributed by atoms with van der Waals surface area (Å²) >= 11 is 0. The molecule has 0 aromatic carbocycles. The van der Waals surface area contributed by atoms with Crippen LogP contribution in [0.2, 0.25) is 12.1 Å². The minimum absolute atomic E-state index is 0.250. The quantitative estimate of drug-likeness (QED) is 0.270. The van der Waals surface area contributed by atoms with Gasteiger partial charge in [0, 0.05) is 48.5 Å². The van der Waals surface area contributed by atoms with Gasteiger partial charge in [0.2, 0.25) is 0 Å². The zero-order valence-corrected chi connectivity index (χ0v) is 18.1. The van der Waals surface area contributed by atoms with Crippen LogP contribution in [0.5, 0.6) is 0 Å². The van der Waals surface area contributed by atoms with E-state index in [9.17, 15) is 0 Å². The zero-order valence-electron chi connectivity index (χ0n) is 16.7. The second-order valence-corrected chi connectivity index (χ2v) is 8.23. The molecule has 0 amide bonds. The van der Waals surface area contributed by atoms with Gasteiger partial charge in [0.05, 0.1) is 6.17 Å². The molecule has 0 radical (unpaired) electrons. The standard InChI is InChI=1S/C18H40N2O3Si/c1-6-19-13-14-20(7-2)17(19)12-11-15-24-16-18(21-8-3,22-9-4)23-10-5/h17H,6-16,24H2,1-5H3. The summed E-state index contributed by atoms with van der Waals surface area (Å²) in [6.07, 6.45) is 3.26. The largest absolute Gasteiger partial charge is 0.328 e. The van der Waals surface area contributed by atoms with E-state index in [1.165, 1.54) is 45.1 Å². The first kappa shape index (κ1) is 22.1. The average Bonchev–Trinajstić information content (AvgIpc) is 2.97. The van der Waals surface area contributed by atoms with Crippen LogP contribution in [0.1, 0.15) is 47.5 Å². The van der Waals surface area contributed by atoms with E-state index in [1.807, 2.05) is 20.8 Å². The molecule has 0 aliphatic carbocycles. The van der Waals surface area contributed by atoms with Crippen molar-refractivity contribution in [3.05, 3.63) is 0 Å². The second kappa shape index (κ2) is 12.4. The lowest BCUT2D eigenvalue weighted by Crippen LogP contribution is -2.40. The van der Waals surface area contributed by atoms with Gasteiger partial charge in [0.25, 0.3) is 5.97 Å². The molecule has 1 saturated heterocycles. The van der Waals surface area contributed by atoms with E-state index in [1.54, 1.807) is 0 Å². The fourth-order valence-corrected chi connectivity index (χ4v) is 5.49. The van der Waals surface area contributed by atoms with Gasteiger partial charge in [-0.2, -0.15) is 0 Å². The van der Waals surface area contributed by atoms with Crippen molar-refractivity contribution in [1.82, 2.24) is 9.80 Å². The molecule has 24 heavy (non-hydrogen) atoms. The molecule has 6 heteroatoms. The first-order valence-electron chi connectivity index (χ1n) is 10.1. The number of hydrogen-bond acceptors (Lipinski definition) is 5. The van der Waals surface area contributed by atoms with Gasteiger partial charge in [-0.15, -0.1) is 0 Å². The van der Waals surface area contributed by atoms with Gasteiger partial charge < -0.3 is 14.2 Å². The fourth-order valence-electron chi connectivity index (χ4n) is 3.74. The Hall–Kier alpha value is 0.0169. The topological polar surface area (TPSA) is 34.2 Å². The maximum absolute atomic E-state index is 5.83. The van der Waals surface area contributed by atoms with Gasteiger partial charge in [-0.25, -0.2) is 0 Å². The summed E-state index contributed by atoms with van der Waals surface area (Å²) in [6.45, 7) is 17.3. The minimum atomic E-state index is -0.775. The van der Waals surface area contributed by atoms with Crippen LogP contribution in [-0.2, 0) is 14.2 Å². The van der Waals surface area contributed by atoms with Crippen LogP contribution in [0.4, 0.5) is 0 Å². The monoisotopic (exact) mass is 360 g/mol. The maximum atomic E-state index is 5.83. The van der Waals surface area contributed by atoms with Crippen molar-refractivity contribution in [2.75, 3.05) is 46.0 Å². The molecule has 1 fully saturated rings. The highest BCUT2D eigenvalue weighted by Crippen LogP contribution is 2.23. The first-order valence-corrected chi connectivity index (χ1v) is 12.1. The second-order valence-electron chi connectivity index (χ2n) is 6.32. The number of hydrogen-bond donors (Lipinski definition) is 0. The average molecular weight is 361 g/mol. The van der Waals surface area contributed by atoms with Crippen molar-refractivity contribution in [3.8, 4) is 0 Å². The molecule has 1 aliphatic heterocycles. The molecule has 144 valence electrons. The summed E-state index contributed by atoms with van der Waals surface area (Å²) in [5, 5.41) is 0. The zero-order chi connectivity index (χ0) is 17.8. The van der Waals surface area contributed by atoms with Crippen molar-refractivity contribution in [1.29, 1.82) is 0 Å². The molecule has 0 aromatic rings. The lowest BCUT2D eigenvalue weighted by Gasteiger charge is -2.32. The van der Waals surface area contributed by atoms with Crippen LogP contribution in [0.3, 0.4) is 0 Å². The molecular formula is C18H40N2O3Si. The van der Waals surface area contributed by atoms with Crippen molar-refractivity contribution in [2.45, 2.75) is 71.7 Å². The van der Waals surface area contributed by atoms with Gasteiger partial charge in [-0.05, 0) is 40.3 Å². The molecule has 0 N–H and O–H groups in total. The molecule has 0 spiro atoms. The number of rotatable bonds is 14. The minimum Gasteiger partial charge on any atom is -0.328 e. The Kier molecular flexibility index (Phi) is 11.4. The van der Waals surface area contributed by atoms with Gasteiger partial charge in [0.1, 0.15) is 0 Å². The summed E-state index contributed by atoms with van der Waals surface area (Å²) in [5.41, 5.74) is 0. The predicted octanol–water partition coefficient (Wildman–Crippen LogP) is 2.52. The highest BCUT2D eigenvalue weighted by Gasteiger charge is 2.32. The van der Waals surface area contributed by atoms with E-state index in [4.69, 9.17) is 14.2 Å². The fraction of sp³-hybridized carbons (Fsp3) is 1.00. The first-order chi connectivity index (χ1) is 11.7. The van der Waals surface area contributed by atoms with Crippen molar-refractivity contribution in [3.63, 3.8) is 0 Å². The molecule has 1 heterocycles. The third-order valence-corrected chi connectivity index (χ3v) is 6.83. The molecule has 0 aromatic heterocycles. The van der Waals surface area contributed by atoms with E-state index < -0.39 is 5.97 Å². The lowest BCUT2D eigenvalue weighted by atomic mass is 10.2. The van der Waals surface area contributed by atoms with Crippen LogP contribution in [0, 0.1) is 0 Å². The summed E-state index contributed by atoms with van der Waals surface area (Å²) < 4.78 is 17.5. The Morgan fingerprint density at radius 2 is 1.38 bits per heavy atom. The lowest BCUT2D eigenvalue weighted by molar-refractivity contribution is -0.365. The number of ether oxygens (including phenoxy) is 3. The van der Waals surface area contributed by atoms with Gasteiger partial charge in [-0.1, -0.05) is 26.3 Å². The Bertz CT molecular complexity index is 292. The summed E-state index contributed by atoms with van der Waals surface area (Å²) in [7, 11) is -0.250. The Labute approximate surface area is 151 Å². The SMILES string of the molecule is CCOC(C[SiH2]CCCC1N(CC)CCN1CC)(OCC)OCC. The van der Waals surface area contributed by atoms with E-state index >= 15 is 0 Å². The molecule has 0 saturated carbocycles. The van der Waals surface area contributed by atoms with Crippen molar-refractivity contribution >= 4 is 9.52 Å². The molecule has 5 nitrogen and oxygen atoms in total. The third kappa shape index (κ3) is 6.73. The van der Waals surface area contributed by atoms with E-state index in [0.717, 1.165) is 6.04 Å². The number of likely N-dealkylation sites (N-methyl/N-ethyl adjacent to an activating group) is 2. The van der Waals surface area contributed by atoms with E-state index in [0.29, 0.717) is 26.0 Å².